The zero-order chi connectivity index (χ0) is 56.4. The lowest BCUT2D eigenvalue weighted by atomic mass is 10.0. The van der Waals surface area contributed by atoms with E-state index in [0.29, 0.717) is 12.8 Å². The average molecular weight is 1080 g/mol. The van der Waals surface area contributed by atoms with Gasteiger partial charge in [-0.15, -0.1) is 0 Å². The SMILES string of the molecule is CC/C=C\C/C=C\C/C=C\C/C=C\C/C=C\CCCCCC(=O)OC(COC(=O)CCCCCC/C=C\C/C=C\C/C=C\C/C=C\CC)COC(=O)CCCCCCCCCCCCCCCCCCCCCCCCCC. The Balaban J connectivity index is 4.41. The number of hydrogen-bond acceptors (Lipinski definition) is 6. The van der Waals surface area contributed by atoms with Gasteiger partial charge in [0.1, 0.15) is 13.2 Å². The highest BCUT2D eigenvalue weighted by atomic mass is 16.6. The highest BCUT2D eigenvalue weighted by molar-refractivity contribution is 5.71. The van der Waals surface area contributed by atoms with E-state index >= 15 is 0 Å². The van der Waals surface area contributed by atoms with Crippen molar-refractivity contribution in [2.45, 2.75) is 316 Å². The third kappa shape index (κ3) is 62.9. The second-order valence-corrected chi connectivity index (χ2v) is 21.6. The van der Waals surface area contributed by atoms with Gasteiger partial charge < -0.3 is 14.2 Å². The van der Waals surface area contributed by atoms with E-state index < -0.39 is 6.10 Å². The van der Waals surface area contributed by atoms with E-state index in [1.54, 1.807) is 0 Å². The first kappa shape index (κ1) is 74.1. The first-order chi connectivity index (χ1) is 38.5. The summed E-state index contributed by atoms with van der Waals surface area (Å²) >= 11 is 0. The lowest BCUT2D eigenvalue weighted by Crippen LogP contribution is -2.30. The van der Waals surface area contributed by atoms with Gasteiger partial charge in [0, 0.05) is 19.3 Å². The Morgan fingerprint density at radius 3 is 0.795 bits per heavy atom. The zero-order valence-corrected chi connectivity index (χ0v) is 51.2. The Bertz CT molecular complexity index is 1570. The lowest BCUT2D eigenvalue weighted by Gasteiger charge is -2.18. The van der Waals surface area contributed by atoms with Crippen LogP contribution >= 0.6 is 0 Å². The Labute approximate surface area is 482 Å². The number of carbonyl (C=O) groups excluding carboxylic acids is 3. The maximum atomic E-state index is 12.9. The summed E-state index contributed by atoms with van der Waals surface area (Å²) in [5.74, 6) is -0.946. The summed E-state index contributed by atoms with van der Waals surface area (Å²) in [6.45, 7) is 6.40. The number of ether oxygens (including phenoxy) is 3. The molecule has 0 aliphatic rings. The van der Waals surface area contributed by atoms with Crippen molar-refractivity contribution in [2.75, 3.05) is 13.2 Å². The van der Waals surface area contributed by atoms with E-state index in [1.807, 2.05) is 0 Å². The monoisotopic (exact) mass is 1080 g/mol. The third-order valence-electron chi connectivity index (χ3n) is 14.0. The molecule has 0 amide bonds. The van der Waals surface area contributed by atoms with E-state index in [9.17, 15) is 14.4 Å². The van der Waals surface area contributed by atoms with Crippen molar-refractivity contribution in [1.29, 1.82) is 0 Å². The Morgan fingerprint density at radius 1 is 0.269 bits per heavy atom. The molecule has 0 bridgehead atoms. The van der Waals surface area contributed by atoms with Gasteiger partial charge in [0.15, 0.2) is 6.10 Å². The Morgan fingerprint density at radius 2 is 0.500 bits per heavy atom. The molecular weight excluding hydrogens is 961 g/mol. The van der Waals surface area contributed by atoms with Crippen LogP contribution < -0.4 is 0 Å². The number of hydrogen-bond donors (Lipinski definition) is 0. The van der Waals surface area contributed by atoms with Crippen LogP contribution in [0.25, 0.3) is 0 Å². The molecule has 6 nitrogen and oxygen atoms in total. The van der Waals surface area contributed by atoms with Crippen LogP contribution in [0.1, 0.15) is 310 Å². The molecule has 446 valence electrons. The molecule has 0 radical (unpaired) electrons. The fraction of sp³-hybridized carbons (Fsp3) is 0.708. The molecule has 0 aromatic heterocycles. The maximum Gasteiger partial charge on any atom is 0.306 e. The molecule has 0 saturated carbocycles. The number of esters is 3. The van der Waals surface area contributed by atoms with Gasteiger partial charge in [-0.3, -0.25) is 14.4 Å². The minimum atomic E-state index is -0.808. The summed E-state index contributed by atoms with van der Waals surface area (Å²) in [5, 5.41) is 0. The normalized spacial score (nSPS) is 12.8. The van der Waals surface area contributed by atoms with Gasteiger partial charge in [-0.05, 0) is 103 Å². The molecular formula is C72H122O6. The summed E-state index contributed by atoms with van der Waals surface area (Å²) in [7, 11) is 0. The second-order valence-electron chi connectivity index (χ2n) is 21.6. The molecule has 1 unspecified atom stereocenters. The largest absolute Gasteiger partial charge is 0.462 e. The third-order valence-corrected chi connectivity index (χ3v) is 14.0. The molecule has 0 heterocycles. The standard InChI is InChI=1S/C72H122O6/c1-4-7-10-13-16-19-22-25-28-31-33-34-35-36-37-39-41-44-47-50-53-56-59-62-65-71(74)77-68-69(67-76-70(73)64-61-58-55-52-49-46-43-40-30-27-24-21-18-15-12-9-6-3)78-72(75)66-63-60-57-54-51-48-45-42-38-32-29-26-23-20-17-14-11-8-5-2/h8-9,11-12,17-18,20-21,26-27,29-30,38,42-43,46,48,51,69H,4-7,10,13-16,19,22-25,28,31-37,39-41,44-45,47,49-50,52-68H2,1-3H3/b11-8-,12-9-,20-17-,21-18-,29-26-,30-27-,42-38-,46-43-,51-48-. The molecule has 0 N–H and O–H groups in total. The second kappa shape index (κ2) is 65.6. The van der Waals surface area contributed by atoms with Crippen LogP contribution in [0.3, 0.4) is 0 Å². The molecule has 0 fully saturated rings. The van der Waals surface area contributed by atoms with Crippen LogP contribution in [0.5, 0.6) is 0 Å². The quantitative estimate of drug-likeness (QED) is 0.0261. The summed E-state index contributed by atoms with van der Waals surface area (Å²) in [6.07, 6.45) is 89.6. The summed E-state index contributed by atoms with van der Waals surface area (Å²) < 4.78 is 16.9. The van der Waals surface area contributed by atoms with Gasteiger partial charge in [0.2, 0.25) is 0 Å². The molecule has 0 spiro atoms. The number of allylic oxidation sites excluding steroid dienone is 18. The van der Waals surface area contributed by atoms with Crippen molar-refractivity contribution in [3.05, 3.63) is 109 Å². The van der Waals surface area contributed by atoms with Crippen LogP contribution in [0.2, 0.25) is 0 Å². The topological polar surface area (TPSA) is 78.9 Å². The van der Waals surface area contributed by atoms with Crippen molar-refractivity contribution in [3.8, 4) is 0 Å². The van der Waals surface area contributed by atoms with Gasteiger partial charge in [-0.1, -0.05) is 297 Å². The van der Waals surface area contributed by atoms with Crippen molar-refractivity contribution in [3.63, 3.8) is 0 Å². The molecule has 0 aromatic carbocycles. The predicted molar refractivity (Wildman–Crippen MR) is 339 cm³/mol. The maximum absolute atomic E-state index is 12.9. The summed E-state index contributed by atoms with van der Waals surface area (Å²) in [5.41, 5.74) is 0. The van der Waals surface area contributed by atoms with Crippen molar-refractivity contribution in [2.24, 2.45) is 0 Å². The molecule has 78 heavy (non-hydrogen) atoms. The zero-order valence-electron chi connectivity index (χ0n) is 51.2. The number of unbranched alkanes of at least 4 members (excludes halogenated alkanes) is 30. The van der Waals surface area contributed by atoms with Crippen LogP contribution in [0, 0.1) is 0 Å². The van der Waals surface area contributed by atoms with Gasteiger partial charge in [0.05, 0.1) is 0 Å². The molecule has 0 saturated heterocycles. The fourth-order valence-corrected chi connectivity index (χ4v) is 9.17. The van der Waals surface area contributed by atoms with Crippen LogP contribution in [0.4, 0.5) is 0 Å². The van der Waals surface area contributed by atoms with Gasteiger partial charge in [-0.25, -0.2) is 0 Å². The minimum Gasteiger partial charge on any atom is -0.462 e. The molecule has 0 aliphatic heterocycles. The highest BCUT2D eigenvalue weighted by Gasteiger charge is 2.19. The Hall–Kier alpha value is -3.93. The first-order valence-corrected chi connectivity index (χ1v) is 32.9. The predicted octanol–water partition coefficient (Wildman–Crippen LogP) is 22.6. The summed E-state index contributed by atoms with van der Waals surface area (Å²) in [6, 6.07) is 0. The van der Waals surface area contributed by atoms with E-state index in [1.165, 1.54) is 135 Å². The minimum absolute atomic E-state index is 0.0986. The van der Waals surface area contributed by atoms with Crippen molar-refractivity contribution < 1.29 is 28.6 Å². The molecule has 0 aliphatic carbocycles. The molecule has 0 rings (SSSR count). The van der Waals surface area contributed by atoms with Crippen LogP contribution in [-0.4, -0.2) is 37.2 Å². The van der Waals surface area contributed by atoms with E-state index in [0.717, 1.165) is 135 Å². The van der Waals surface area contributed by atoms with Crippen molar-refractivity contribution in [1.82, 2.24) is 0 Å². The molecule has 0 aromatic rings. The average Bonchev–Trinajstić information content (AvgIpc) is 3.44. The molecule has 6 heteroatoms. The van der Waals surface area contributed by atoms with E-state index in [-0.39, 0.29) is 37.5 Å². The lowest BCUT2D eigenvalue weighted by molar-refractivity contribution is -0.167. The Kier molecular flexibility index (Phi) is 62.3. The summed E-state index contributed by atoms with van der Waals surface area (Å²) in [4.78, 5) is 38.4. The van der Waals surface area contributed by atoms with Crippen LogP contribution in [-0.2, 0) is 28.6 Å². The van der Waals surface area contributed by atoms with Crippen LogP contribution in [0.15, 0.2) is 109 Å². The van der Waals surface area contributed by atoms with Crippen molar-refractivity contribution >= 4 is 17.9 Å². The molecule has 1 atom stereocenters. The number of carbonyl (C=O) groups is 3. The van der Waals surface area contributed by atoms with Gasteiger partial charge in [-0.2, -0.15) is 0 Å². The fourth-order valence-electron chi connectivity index (χ4n) is 9.17. The smallest absolute Gasteiger partial charge is 0.306 e. The van der Waals surface area contributed by atoms with Gasteiger partial charge >= 0.3 is 17.9 Å². The van der Waals surface area contributed by atoms with E-state index in [4.69, 9.17) is 14.2 Å². The van der Waals surface area contributed by atoms with E-state index in [2.05, 4.69) is 130 Å². The first-order valence-electron chi connectivity index (χ1n) is 32.9. The number of rotatable bonds is 59. The highest BCUT2D eigenvalue weighted by Crippen LogP contribution is 2.17. The van der Waals surface area contributed by atoms with Gasteiger partial charge in [0.25, 0.3) is 0 Å².